The van der Waals surface area contributed by atoms with Crippen molar-refractivity contribution in [2.24, 2.45) is 0 Å². The predicted molar refractivity (Wildman–Crippen MR) is 85.1 cm³/mol. The summed E-state index contributed by atoms with van der Waals surface area (Å²) < 4.78 is 15.6. The summed E-state index contributed by atoms with van der Waals surface area (Å²) in [5, 5.41) is 0.803. The second-order valence-electron chi connectivity index (χ2n) is 5.09. The number of aromatic nitrogens is 4. The van der Waals surface area contributed by atoms with Gasteiger partial charge in [-0.3, -0.25) is 9.78 Å². The van der Waals surface area contributed by atoms with Crippen LogP contribution in [-0.4, -0.2) is 19.5 Å². The summed E-state index contributed by atoms with van der Waals surface area (Å²) in [6, 6.07) is 6.41. The number of benzene rings is 1. The first-order valence-corrected chi connectivity index (χ1v) is 7.10. The lowest BCUT2D eigenvalue weighted by atomic mass is 10.1. The van der Waals surface area contributed by atoms with Gasteiger partial charge >= 0.3 is 0 Å². The van der Waals surface area contributed by atoms with Gasteiger partial charge in [0.2, 0.25) is 0 Å². The van der Waals surface area contributed by atoms with Crippen molar-refractivity contribution in [1.82, 2.24) is 19.5 Å². The van der Waals surface area contributed by atoms with Crippen LogP contribution in [0.2, 0.25) is 0 Å². The monoisotopic (exact) mass is 314 g/mol. The lowest BCUT2D eigenvalue weighted by molar-refractivity contribution is 0.629. The van der Waals surface area contributed by atoms with E-state index in [1.54, 1.807) is 18.3 Å². The molecule has 0 fully saturated rings. The molecule has 4 aromatic rings. The van der Waals surface area contributed by atoms with Crippen molar-refractivity contribution in [3.8, 4) is 0 Å². The maximum absolute atomic E-state index is 13.5. The third kappa shape index (κ3) is 1.90. The molecule has 0 saturated heterocycles. The maximum atomic E-state index is 13.5. The molecule has 4 rings (SSSR count). The molecule has 0 aliphatic heterocycles. The molecule has 3 heterocycles. The summed E-state index contributed by atoms with van der Waals surface area (Å²) in [5.41, 5.74) is 2.71. The Hall–Kier alpha value is -2.67. The van der Waals surface area contributed by atoms with Gasteiger partial charge in [0.05, 0.1) is 12.1 Å². The molecule has 0 atom stereocenters. The molecule has 0 unspecified atom stereocenters. The lowest BCUT2D eigenvalue weighted by Crippen LogP contribution is -2.14. The quantitative estimate of drug-likeness (QED) is 0.498. The van der Waals surface area contributed by atoms with E-state index in [2.05, 4.69) is 15.0 Å². The molecular formula is C15H11FN4OS. The number of fused-ring (bicyclic) bond motifs is 2. The first kappa shape index (κ1) is 13.0. The number of rotatable bonds is 2. The van der Waals surface area contributed by atoms with Gasteiger partial charge in [-0.05, 0) is 42.0 Å². The first-order valence-electron chi connectivity index (χ1n) is 6.69. The summed E-state index contributed by atoms with van der Waals surface area (Å²) >= 11 is 5.26. The van der Waals surface area contributed by atoms with Crippen LogP contribution in [-0.2, 0) is 6.54 Å². The summed E-state index contributed by atoms with van der Waals surface area (Å²) in [7, 11) is 0. The van der Waals surface area contributed by atoms with Crippen molar-refractivity contribution in [3.05, 3.63) is 63.2 Å². The summed E-state index contributed by atoms with van der Waals surface area (Å²) in [4.78, 5) is 20.5. The van der Waals surface area contributed by atoms with Gasteiger partial charge in [-0.25, -0.2) is 4.39 Å². The smallest absolute Gasteiger partial charge is 0.276 e. The summed E-state index contributed by atoms with van der Waals surface area (Å²) in [5.74, 6) is -0.287. The van der Waals surface area contributed by atoms with E-state index in [9.17, 15) is 9.18 Å². The average Bonchev–Trinajstić information content (AvgIpc) is 3.10. The van der Waals surface area contributed by atoms with Crippen LogP contribution in [0.4, 0.5) is 4.39 Å². The van der Waals surface area contributed by atoms with Crippen molar-refractivity contribution in [3.63, 3.8) is 0 Å². The fourth-order valence-corrected chi connectivity index (χ4v) is 2.97. The van der Waals surface area contributed by atoms with Gasteiger partial charge in [0.15, 0.2) is 4.77 Å². The molecule has 0 amide bonds. The highest BCUT2D eigenvalue weighted by Gasteiger charge is 2.10. The van der Waals surface area contributed by atoms with E-state index in [0.717, 1.165) is 22.0 Å². The van der Waals surface area contributed by atoms with Crippen LogP contribution in [0.15, 0.2) is 41.5 Å². The minimum atomic E-state index is -0.287. The topological polar surface area (TPSA) is 69.4 Å². The average molecular weight is 314 g/mol. The van der Waals surface area contributed by atoms with Gasteiger partial charge in [0.1, 0.15) is 11.3 Å². The number of hydrogen-bond acceptors (Lipinski definition) is 2. The molecule has 7 heteroatoms. The molecule has 22 heavy (non-hydrogen) atoms. The molecule has 1 aromatic carbocycles. The number of aromatic amines is 3. The van der Waals surface area contributed by atoms with Crippen LogP contribution in [0.25, 0.3) is 21.9 Å². The molecular weight excluding hydrogens is 303 g/mol. The second kappa shape index (κ2) is 4.67. The third-order valence-corrected chi connectivity index (χ3v) is 4.09. The third-order valence-electron chi connectivity index (χ3n) is 3.77. The maximum Gasteiger partial charge on any atom is 0.276 e. The first-order chi connectivity index (χ1) is 10.6. The van der Waals surface area contributed by atoms with E-state index < -0.39 is 0 Å². The molecule has 5 nitrogen and oxygen atoms in total. The van der Waals surface area contributed by atoms with E-state index >= 15 is 0 Å². The second-order valence-corrected chi connectivity index (χ2v) is 5.47. The van der Waals surface area contributed by atoms with E-state index in [-0.39, 0.29) is 11.4 Å². The highest BCUT2D eigenvalue weighted by atomic mass is 32.1. The Balaban J connectivity index is 1.93. The zero-order chi connectivity index (χ0) is 15.3. The summed E-state index contributed by atoms with van der Waals surface area (Å²) in [6.45, 7) is 0.438. The zero-order valence-corrected chi connectivity index (χ0v) is 12.1. The Kier molecular flexibility index (Phi) is 2.77. The van der Waals surface area contributed by atoms with Crippen molar-refractivity contribution >= 4 is 34.2 Å². The Morgan fingerprint density at radius 2 is 2.09 bits per heavy atom. The molecule has 0 saturated carbocycles. The van der Waals surface area contributed by atoms with Crippen LogP contribution in [0.3, 0.4) is 0 Å². The number of H-pyrrole nitrogens is 3. The minimum Gasteiger partial charge on any atom is -0.361 e. The number of nitrogens with one attached hydrogen (secondary N) is 3. The Bertz CT molecular complexity index is 1120. The summed E-state index contributed by atoms with van der Waals surface area (Å²) in [6.07, 6.45) is 3.52. The van der Waals surface area contributed by atoms with E-state index in [1.807, 2.05) is 10.8 Å². The molecule has 0 radical (unpaired) electrons. The van der Waals surface area contributed by atoms with Crippen LogP contribution < -0.4 is 5.56 Å². The van der Waals surface area contributed by atoms with E-state index in [4.69, 9.17) is 12.2 Å². The highest BCUT2D eigenvalue weighted by Crippen LogP contribution is 2.21. The SMILES string of the molecule is O=c1[nH]c(=S)n(Cc2c[nH]c3ccc(F)cc23)c2cc[nH]c12. The predicted octanol–water partition coefficient (Wildman–Crippen LogP) is 3.06. The van der Waals surface area contributed by atoms with E-state index in [1.165, 1.54) is 12.1 Å². The Morgan fingerprint density at radius 3 is 2.95 bits per heavy atom. The molecule has 0 aliphatic carbocycles. The molecule has 0 spiro atoms. The van der Waals surface area contributed by atoms with Gasteiger partial charge in [0, 0.05) is 23.3 Å². The van der Waals surface area contributed by atoms with Crippen LogP contribution >= 0.6 is 12.2 Å². The van der Waals surface area contributed by atoms with E-state index in [0.29, 0.717) is 16.8 Å². The molecule has 0 bridgehead atoms. The number of halogens is 1. The van der Waals surface area contributed by atoms with Crippen molar-refractivity contribution in [2.45, 2.75) is 6.54 Å². The Morgan fingerprint density at radius 1 is 1.23 bits per heavy atom. The molecule has 3 aromatic heterocycles. The lowest BCUT2D eigenvalue weighted by Gasteiger charge is -2.08. The van der Waals surface area contributed by atoms with Crippen LogP contribution in [0.1, 0.15) is 5.56 Å². The standard InChI is InChI=1S/C15H11FN4OS/c16-9-1-2-11-10(5-9)8(6-18-11)7-20-12-3-4-17-13(12)14(21)19-15(20)22/h1-6,17-18H,7H2,(H,19,21,22). The molecule has 0 aliphatic rings. The highest BCUT2D eigenvalue weighted by molar-refractivity contribution is 7.71. The van der Waals surface area contributed by atoms with Gasteiger partial charge in [-0.1, -0.05) is 0 Å². The van der Waals surface area contributed by atoms with Crippen molar-refractivity contribution in [2.75, 3.05) is 0 Å². The van der Waals surface area contributed by atoms with Gasteiger partial charge in [-0.15, -0.1) is 0 Å². The van der Waals surface area contributed by atoms with Gasteiger partial charge in [0.25, 0.3) is 5.56 Å². The van der Waals surface area contributed by atoms with Crippen LogP contribution in [0.5, 0.6) is 0 Å². The number of nitrogens with zero attached hydrogens (tertiary/aromatic N) is 1. The largest absolute Gasteiger partial charge is 0.361 e. The fourth-order valence-electron chi connectivity index (χ4n) is 2.71. The van der Waals surface area contributed by atoms with Crippen molar-refractivity contribution < 1.29 is 4.39 Å². The fraction of sp³-hybridized carbons (Fsp3) is 0.0667. The van der Waals surface area contributed by atoms with Gasteiger partial charge in [-0.2, -0.15) is 0 Å². The number of hydrogen-bond donors (Lipinski definition) is 3. The molecule has 110 valence electrons. The Labute approximate surface area is 128 Å². The van der Waals surface area contributed by atoms with Crippen molar-refractivity contribution in [1.29, 1.82) is 0 Å². The molecule has 3 N–H and O–H groups in total. The normalized spacial score (nSPS) is 11.5. The van der Waals surface area contributed by atoms with Gasteiger partial charge < -0.3 is 14.5 Å². The van der Waals surface area contributed by atoms with Crippen LogP contribution in [0, 0.1) is 10.6 Å². The zero-order valence-electron chi connectivity index (χ0n) is 11.3. The minimum absolute atomic E-state index is 0.244.